The lowest BCUT2D eigenvalue weighted by atomic mass is 9.90. The SMILES string of the molecule is CCCOc1cc(CO[Si](C)(C)C(C)(C)C)cc([C@H]2CCN(C(=O)OC(C)(C)C)[C@@H]2CO[Si](C)(C)C(C)(C)C)c1. The lowest BCUT2D eigenvalue weighted by Gasteiger charge is -2.39. The van der Waals surface area contributed by atoms with Crippen molar-refractivity contribution in [1.29, 1.82) is 0 Å². The average molecular weight is 594 g/mol. The molecule has 1 saturated heterocycles. The monoisotopic (exact) mass is 593 g/mol. The van der Waals surface area contributed by atoms with Gasteiger partial charge in [0.25, 0.3) is 0 Å². The predicted molar refractivity (Wildman–Crippen MR) is 171 cm³/mol. The number of carbonyl (C=O) groups excluding carboxylic acids is 1. The third kappa shape index (κ3) is 9.33. The van der Waals surface area contributed by atoms with E-state index in [1.807, 2.05) is 25.7 Å². The number of hydrogen-bond acceptors (Lipinski definition) is 5. The van der Waals surface area contributed by atoms with Gasteiger partial charge in [-0.15, -0.1) is 0 Å². The van der Waals surface area contributed by atoms with Crippen LogP contribution in [-0.2, 0) is 20.2 Å². The molecule has 1 fully saturated rings. The molecule has 6 nitrogen and oxygen atoms in total. The van der Waals surface area contributed by atoms with Crippen LogP contribution < -0.4 is 4.74 Å². The summed E-state index contributed by atoms with van der Waals surface area (Å²) in [5, 5.41) is 0.220. The Bertz CT molecular complexity index is 988. The third-order valence-electron chi connectivity index (χ3n) is 8.89. The van der Waals surface area contributed by atoms with Crippen molar-refractivity contribution in [1.82, 2.24) is 4.90 Å². The van der Waals surface area contributed by atoms with Gasteiger partial charge in [0.2, 0.25) is 0 Å². The highest BCUT2D eigenvalue weighted by atomic mass is 28.4. The topological polar surface area (TPSA) is 57.2 Å². The average Bonchev–Trinajstić information content (AvgIpc) is 3.22. The number of nitrogens with zero attached hydrogens (tertiary/aromatic N) is 1. The molecule has 2 rings (SSSR count). The minimum absolute atomic E-state index is 0.0833. The van der Waals surface area contributed by atoms with Gasteiger partial charge in [-0.3, -0.25) is 0 Å². The van der Waals surface area contributed by atoms with Gasteiger partial charge >= 0.3 is 6.09 Å². The fourth-order valence-corrected chi connectivity index (χ4v) is 6.25. The van der Waals surface area contributed by atoms with E-state index in [9.17, 15) is 4.79 Å². The van der Waals surface area contributed by atoms with Gasteiger partial charge in [-0.25, -0.2) is 4.79 Å². The van der Waals surface area contributed by atoms with Crippen molar-refractivity contribution in [2.24, 2.45) is 0 Å². The highest BCUT2D eigenvalue weighted by molar-refractivity contribution is 6.74. The highest BCUT2D eigenvalue weighted by Gasteiger charge is 2.44. The van der Waals surface area contributed by atoms with Crippen LogP contribution >= 0.6 is 0 Å². The first-order valence-electron chi connectivity index (χ1n) is 15.1. The zero-order valence-corrected chi connectivity index (χ0v) is 30.1. The fraction of sp³-hybridized carbons (Fsp3) is 0.781. The van der Waals surface area contributed by atoms with Crippen molar-refractivity contribution in [3.05, 3.63) is 29.3 Å². The highest BCUT2D eigenvalue weighted by Crippen LogP contribution is 2.41. The number of carbonyl (C=O) groups is 1. The number of ether oxygens (including phenoxy) is 2. The first-order valence-corrected chi connectivity index (χ1v) is 20.9. The Morgan fingerprint density at radius 1 is 0.900 bits per heavy atom. The molecule has 1 amide bonds. The van der Waals surface area contributed by atoms with E-state index < -0.39 is 22.2 Å². The second kappa shape index (κ2) is 12.9. The molecule has 0 radical (unpaired) electrons. The zero-order chi connectivity index (χ0) is 30.7. The molecule has 230 valence electrons. The van der Waals surface area contributed by atoms with E-state index in [0.717, 1.165) is 24.2 Å². The Morgan fingerprint density at radius 2 is 1.48 bits per heavy atom. The van der Waals surface area contributed by atoms with Crippen molar-refractivity contribution in [2.75, 3.05) is 19.8 Å². The van der Waals surface area contributed by atoms with Crippen LogP contribution in [-0.4, -0.2) is 59.0 Å². The summed E-state index contributed by atoms with van der Waals surface area (Å²) in [5.41, 5.74) is 1.74. The summed E-state index contributed by atoms with van der Waals surface area (Å²) in [6.07, 6.45) is 1.53. The van der Waals surface area contributed by atoms with Crippen LogP contribution in [0.25, 0.3) is 0 Å². The van der Waals surface area contributed by atoms with Crippen molar-refractivity contribution < 1.29 is 23.1 Å². The Morgan fingerprint density at radius 3 is 2.00 bits per heavy atom. The van der Waals surface area contributed by atoms with Crippen molar-refractivity contribution in [3.8, 4) is 5.75 Å². The molecular formula is C32H59NO5Si2. The summed E-state index contributed by atoms with van der Waals surface area (Å²) in [5.74, 6) is 0.988. The molecule has 0 saturated carbocycles. The maximum Gasteiger partial charge on any atom is 0.410 e. The van der Waals surface area contributed by atoms with E-state index in [4.69, 9.17) is 18.3 Å². The van der Waals surface area contributed by atoms with E-state index in [1.54, 1.807) is 0 Å². The zero-order valence-electron chi connectivity index (χ0n) is 28.1. The molecule has 0 aliphatic carbocycles. The van der Waals surface area contributed by atoms with E-state index in [1.165, 1.54) is 5.56 Å². The van der Waals surface area contributed by atoms with Gasteiger partial charge in [0.05, 0.1) is 25.9 Å². The van der Waals surface area contributed by atoms with E-state index in [2.05, 4.69) is 92.9 Å². The molecule has 8 heteroatoms. The number of likely N-dealkylation sites (tertiary alicyclic amines) is 1. The van der Waals surface area contributed by atoms with Crippen LogP contribution in [0.4, 0.5) is 4.79 Å². The Kier molecular flexibility index (Phi) is 11.2. The lowest BCUT2D eigenvalue weighted by Crippen LogP contribution is -2.48. The number of hydrogen-bond donors (Lipinski definition) is 0. The van der Waals surface area contributed by atoms with Crippen LogP contribution in [0, 0.1) is 0 Å². The van der Waals surface area contributed by atoms with E-state index in [0.29, 0.717) is 26.4 Å². The third-order valence-corrected chi connectivity index (χ3v) is 17.9. The Labute approximate surface area is 247 Å². The van der Waals surface area contributed by atoms with E-state index in [-0.39, 0.29) is 28.1 Å². The Balaban J connectivity index is 2.46. The lowest BCUT2D eigenvalue weighted by molar-refractivity contribution is 0.0171. The minimum Gasteiger partial charge on any atom is -0.494 e. The van der Waals surface area contributed by atoms with Crippen LogP contribution in [0.3, 0.4) is 0 Å². The summed E-state index contributed by atoms with van der Waals surface area (Å²) in [7, 11) is -3.94. The molecular weight excluding hydrogens is 535 g/mol. The maximum absolute atomic E-state index is 13.4. The number of amides is 1. The van der Waals surface area contributed by atoms with Gasteiger partial charge in [-0.2, -0.15) is 0 Å². The molecule has 0 N–H and O–H groups in total. The fourth-order valence-electron chi connectivity index (χ4n) is 4.27. The van der Waals surface area contributed by atoms with Gasteiger partial charge in [-0.1, -0.05) is 54.5 Å². The molecule has 2 atom stereocenters. The quantitative estimate of drug-likeness (QED) is 0.253. The smallest absolute Gasteiger partial charge is 0.410 e. The molecule has 1 heterocycles. The van der Waals surface area contributed by atoms with Crippen LogP contribution in [0.2, 0.25) is 36.3 Å². The molecule has 0 spiro atoms. The second-order valence-electron chi connectivity index (χ2n) is 15.5. The summed E-state index contributed by atoms with van der Waals surface area (Å²) in [4.78, 5) is 15.3. The summed E-state index contributed by atoms with van der Waals surface area (Å²) in [6.45, 7) is 32.9. The summed E-state index contributed by atoms with van der Waals surface area (Å²) < 4.78 is 25.3. The van der Waals surface area contributed by atoms with Gasteiger partial charge in [0.15, 0.2) is 16.6 Å². The normalized spacial score (nSPS) is 19.2. The Hall–Kier alpha value is -1.36. The number of rotatable bonds is 10. The molecule has 1 aliphatic rings. The largest absolute Gasteiger partial charge is 0.494 e. The molecule has 1 aromatic carbocycles. The standard InChI is InChI=1S/C32H59NO5Si2/c1-15-18-35-26-20-24(22-36-39(11,12)31(5,6)7)19-25(21-26)27-16-17-33(29(34)38-30(2,3)4)28(27)23-37-40(13,14)32(8,9)10/h19-21,27-28H,15-18,22-23H2,1-14H3/t27-,28-/m1/s1. The second-order valence-corrected chi connectivity index (χ2v) is 25.1. The van der Waals surface area contributed by atoms with Crippen LogP contribution in [0.5, 0.6) is 5.75 Å². The molecule has 1 aliphatic heterocycles. The van der Waals surface area contributed by atoms with Gasteiger partial charge in [0, 0.05) is 12.5 Å². The summed E-state index contributed by atoms with van der Waals surface area (Å²) >= 11 is 0. The molecule has 40 heavy (non-hydrogen) atoms. The van der Waals surface area contributed by atoms with Gasteiger partial charge in [0.1, 0.15) is 11.4 Å². The minimum atomic E-state index is -2.02. The van der Waals surface area contributed by atoms with Crippen molar-refractivity contribution in [2.45, 2.75) is 143 Å². The van der Waals surface area contributed by atoms with Gasteiger partial charge in [-0.05, 0) is 93.1 Å². The number of benzene rings is 1. The molecule has 0 unspecified atom stereocenters. The molecule has 1 aromatic rings. The van der Waals surface area contributed by atoms with Crippen LogP contribution in [0.15, 0.2) is 18.2 Å². The van der Waals surface area contributed by atoms with Gasteiger partial charge < -0.3 is 23.2 Å². The first-order chi connectivity index (χ1) is 18.1. The van der Waals surface area contributed by atoms with Crippen LogP contribution in [0.1, 0.15) is 99.1 Å². The first kappa shape index (κ1) is 34.8. The predicted octanol–water partition coefficient (Wildman–Crippen LogP) is 9.11. The molecule has 0 bridgehead atoms. The summed E-state index contributed by atoms with van der Waals surface area (Å²) in [6, 6.07) is 6.43. The maximum atomic E-state index is 13.4. The van der Waals surface area contributed by atoms with Crippen molar-refractivity contribution in [3.63, 3.8) is 0 Å². The molecule has 0 aromatic heterocycles. The van der Waals surface area contributed by atoms with Crippen molar-refractivity contribution >= 4 is 22.7 Å². The van der Waals surface area contributed by atoms with E-state index >= 15 is 0 Å².